The zero-order chi connectivity index (χ0) is 16.8. The Morgan fingerprint density at radius 1 is 1.12 bits per heavy atom. The molecule has 2 aliphatic rings. The van der Waals surface area contributed by atoms with Crippen LogP contribution in [-0.4, -0.2) is 30.2 Å². The first-order chi connectivity index (χ1) is 11.6. The molecule has 2 aromatic rings. The Balaban J connectivity index is 2.00. The molecule has 0 amide bonds. The van der Waals surface area contributed by atoms with Crippen LogP contribution >= 0.6 is 11.6 Å². The molecule has 0 N–H and O–H groups in total. The first kappa shape index (κ1) is 15.3. The molecule has 2 aromatic carbocycles. The van der Waals surface area contributed by atoms with E-state index in [2.05, 4.69) is 16.8 Å². The van der Waals surface area contributed by atoms with Gasteiger partial charge in [0.2, 0.25) is 0 Å². The zero-order valence-corrected chi connectivity index (χ0v) is 14.3. The van der Waals surface area contributed by atoms with Gasteiger partial charge in [0.15, 0.2) is 0 Å². The maximum atomic E-state index is 14.4. The van der Waals surface area contributed by atoms with Gasteiger partial charge in [0.05, 0.1) is 24.0 Å². The fourth-order valence-corrected chi connectivity index (χ4v) is 3.57. The van der Waals surface area contributed by atoms with Crippen molar-refractivity contribution in [3.05, 3.63) is 64.4 Å². The van der Waals surface area contributed by atoms with Crippen LogP contribution in [0.3, 0.4) is 0 Å². The third-order valence-electron chi connectivity index (χ3n) is 4.50. The fourth-order valence-electron chi connectivity index (χ4n) is 3.40. The number of amidine groups is 1. The monoisotopic (exact) mass is 341 g/mol. The van der Waals surface area contributed by atoms with Crippen molar-refractivity contribution < 1.29 is 4.39 Å². The molecule has 0 saturated carbocycles. The summed E-state index contributed by atoms with van der Waals surface area (Å²) in [6.45, 7) is 4.88. The number of aliphatic imine (C=N–C) groups is 2. The third kappa shape index (κ3) is 2.33. The highest BCUT2D eigenvalue weighted by molar-refractivity contribution is 6.32. The Morgan fingerprint density at radius 2 is 1.92 bits per heavy atom. The normalized spacial score (nSPS) is 22.4. The number of nitrogens with zero attached hydrogens (tertiary/aromatic N) is 3. The number of hydrogen-bond donors (Lipinski definition) is 0. The molecule has 0 aliphatic carbocycles. The lowest BCUT2D eigenvalue weighted by Gasteiger charge is -2.27. The molecule has 2 atom stereocenters. The third-order valence-corrected chi connectivity index (χ3v) is 4.74. The van der Waals surface area contributed by atoms with Gasteiger partial charge in [0.1, 0.15) is 17.7 Å². The summed E-state index contributed by atoms with van der Waals surface area (Å²) in [4.78, 5) is 11.7. The van der Waals surface area contributed by atoms with E-state index in [-0.39, 0.29) is 17.9 Å². The molecule has 2 heterocycles. The highest BCUT2D eigenvalue weighted by atomic mass is 35.5. The average Bonchev–Trinajstić information content (AvgIpc) is 2.89. The molecule has 3 nitrogen and oxygen atoms in total. The van der Waals surface area contributed by atoms with Crippen molar-refractivity contribution in [2.45, 2.75) is 25.9 Å². The smallest absolute Gasteiger partial charge is 0.132 e. The van der Waals surface area contributed by atoms with Gasteiger partial charge in [-0.2, -0.15) is 0 Å². The maximum Gasteiger partial charge on any atom is 0.132 e. The zero-order valence-electron chi connectivity index (χ0n) is 13.5. The topological polar surface area (TPSA) is 28.0 Å². The molecule has 0 spiro atoms. The van der Waals surface area contributed by atoms with E-state index in [4.69, 9.17) is 16.6 Å². The number of hydrogen-bond acceptors (Lipinski definition) is 3. The molecular formula is C19H17ClFN3. The number of fused-ring (bicyclic) bond motifs is 3. The van der Waals surface area contributed by atoms with Crippen molar-refractivity contribution in [3.63, 3.8) is 0 Å². The van der Waals surface area contributed by atoms with Gasteiger partial charge in [0.25, 0.3) is 0 Å². The van der Waals surface area contributed by atoms with Crippen molar-refractivity contribution >= 4 is 28.8 Å². The summed E-state index contributed by atoms with van der Waals surface area (Å²) in [5.41, 5.74) is 2.94. The van der Waals surface area contributed by atoms with E-state index < -0.39 is 0 Å². The summed E-state index contributed by atoms with van der Waals surface area (Å²) < 4.78 is 14.4. The van der Waals surface area contributed by atoms with E-state index in [1.165, 1.54) is 6.07 Å². The highest BCUT2D eigenvalue weighted by Gasteiger charge is 2.34. The average molecular weight is 342 g/mol. The molecular weight excluding hydrogens is 325 g/mol. The maximum absolute atomic E-state index is 14.4. The van der Waals surface area contributed by atoms with Crippen molar-refractivity contribution in [3.8, 4) is 0 Å². The summed E-state index contributed by atoms with van der Waals surface area (Å²) >= 11 is 6.24. The van der Waals surface area contributed by atoms with Crippen LogP contribution in [0.4, 0.5) is 10.1 Å². The van der Waals surface area contributed by atoms with E-state index >= 15 is 0 Å². The van der Waals surface area contributed by atoms with Gasteiger partial charge in [-0.05, 0) is 44.2 Å². The Kier molecular flexibility index (Phi) is 3.65. The second-order valence-electron chi connectivity index (χ2n) is 6.21. The van der Waals surface area contributed by atoms with Crippen molar-refractivity contribution in [1.29, 1.82) is 0 Å². The molecule has 5 heteroatoms. The lowest BCUT2D eigenvalue weighted by Crippen LogP contribution is -2.38. The molecule has 2 unspecified atom stereocenters. The molecule has 0 saturated heterocycles. The molecule has 0 radical (unpaired) electrons. The molecule has 2 aliphatic heterocycles. The quantitative estimate of drug-likeness (QED) is 0.759. The Bertz CT molecular complexity index is 875. The van der Waals surface area contributed by atoms with Crippen LogP contribution in [0.1, 0.15) is 25.0 Å². The van der Waals surface area contributed by atoms with Crippen LogP contribution < -0.4 is 4.90 Å². The molecule has 0 bridgehead atoms. The molecule has 24 heavy (non-hydrogen) atoms. The van der Waals surface area contributed by atoms with Crippen molar-refractivity contribution in [2.24, 2.45) is 9.98 Å². The predicted molar refractivity (Wildman–Crippen MR) is 97.2 cm³/mol. The van der Waals surface area contributed by atoms with Gasteiger partial charge in [-0.3, -0.25) is 9.98 Å². The molecule has 0 fully saturated rings. The van der Waals surface area contributed by atoms with Gasteiger partial charge >= 0.3 is 0 Å². The van der Waals surface area contributed by atoms with Crippen molar-refractivity contribution in [1.82, 2.24) is 0 Å². The van der Waals surface area contributed by atoms with E-state index in [1.54, 1.807) is 12.1 Å². The fraction of sp³-hybridized carbons (Fsp3) is 0.263. The van der Waals surface area contributed by atoms with Crippen LogP contribution in [0.5, 0.6) is 0 Å². The standard InChI is InChI=1S/C19H17ClFN3/c1-11-10-22-19-12(2)23-18(14-5-3-4-6-16(14)21)15-9-13(20)7-8-17(15)24(11)19/h3-9,11-12H,10H2,1-2H3. The van der Waals surface area contributed by atoms with Crippen LogP contribution in [0.25, 0.3) is 0 Å². The molecule has 122 valence electrons. The van der Waals surface area contributed by atoms with Crippen molar-refractivity contribution in [2.75, 3.05) is 11.4 Å². The minimum Gasteiger partial charge on any atom is -0.323 e. The van der Waals surface area contributed by atoms with E-state index in [0.717, 1.165) is 23.6 Å². The second-order valence-corrected chi connectivity index (χ2v) is 6.65. The van der Waals surface area contributed by atoms with E-state index in [9.17, 15) is 4.39 Å². The van der Waals surface area contributed by atoms with Gasteiger partial charge < -0.3 is 4.90 Å². The van der Waals surface area contributed by atoms with Crippen LogP contribution in [-0.2, 0) is 0 Å². The first-order valence-electron chi connectivity index (χ1n) is 8.02. The first-order valence-corrected chi connectivity index (χ1v) is 8.40. The van der Waals surface area contributed by atoms with Crippen LogP contribution in [0, 0.1) is 5.82 Å². The number of benzene rings is 2. The number of anilines is 1. The SMILES string of the molecule is CC1N=C(c2ccccc2F)c2cc(Cl)ccc2N2C1=NCC2C. The number of rotatable bonds is 1. The molecule has 4 rings (SSSR count). The highest BCUT2D eigenvalue weighted by Crippen LogP contribution is 2.34. The largest absolute Gasteiger partial charge is 0.323 e. The summed E-state index contributed by atoms with van der Waals surface area (Å²) in [7, 11) is 0. The van der Waals surface area contributed by atoms with Crippen LogP contribution in [0.15, 0.2) is 52.4 Å². The van der Waals surface area contributed by atoms with Gasteiger partial charge in [-0.15, -0.1) is 0 Å². The van der Waals surface area contributed by atoms with Gasteiger partial charge in [0, 0.05) is 16.1 Å². The minimum atomic E-state index is -0.286. The summed E-state index contributed by atoms with van der Waals surface area (Å²) in [5.74, 6) is 0.642. The van der Waals surface area contributed by atoms with Gasteiger partial charge in [-0.25, -0.2) is 4.39 Å². The molecule has 0 aromatic heterocycles. The van der Waals surface area contributed by atoms with Gasteiger partial charge in [-0.1, -0.05) is 23.7 Å². The Morgan fingerprint density at radius 3 is 2.71 bits per heavy atom. The number of halogens is 2. The second kappa shape index (κ2) is 5.71. The van der Waals surface area contributed by atoms with E-state index in [0.29, 0.717) is 16.3 Å². The minimum absolute atomic E-state index is 0.143. The Labute approximate surface area is 145 Å². The summed E-state index contributed by atoms with van der Waals surface area (Å²) in [5, 5.41) is 0.609. The van der Waals surface area contributed by atoms with E-state index in [1.807, 2.05) is 31.2 Å². The summed E-state index contributed by atoms with van der Waals surface area (Å²) in [6.07, 6.45) is 0. The van der Waals surface area contributed by atoms with Crippen LogP contribution in [0.2, 0.25) is 5.02 Å². The summed E-state index contributed by atoms with van der Waals surface area (Å²) in [6, 6.07) is 12.5. The lowest BCUT2D eigenvalue weighted by atomic mass is 9.99. The Hall–Kier alpha value is -2.20. The predicted octanol–water partition coefficient (Wildman–Crippen LogP) is 4.33. The lowest BCUT2D eigenvalue weighted by molar-refractivity contribution is 0.625.